The van der Waals surface area contributed by atoms with E-state index in [4.69, 9.17) is 14.2 Å². The highest BCUT2D eigenvalue weighted by Gasteiger charge is 2.27. The number of esters is 1. The molecule has 0 radical (unpaired) electrons. The van der Waals surface area contributed by atoms with Gasteiger partial charge < -0.3 is 23.7 Å². The summed E-state index contributed by atoms with van der Waals surface area (Å²) in [6.07, 6.45) is 3.40. The molecule has 0 N–H and O–H groups in total. The Morgan fingerprint density at radius 2 is 1.69 bits per heavy atom. The summed E-state index contributed by atoms with van der Waals surface area (Å²) in [6.45, 7) is 9.07. The predicted octanol–water partition coefficient (Wildman–Crippen LogP) is 8.54. The summed E-state index contributed by atoms with van der Waals surface area (Å²) in [5.74, 6) is 0.480. The number of alkyl halides is 1. The van der Waals surface area contributed by atoms with Crippen LogP contribution in [0.5, 0.6) is 5.75 Å². The summed E-state index contributed by atoms with van der Waals surface area (Å²) in [6, 6.07) is 20.5. The van der Waals surface area contributed by atoms with Gasteiger partial charge in [-0.05, 0) is 64.0 Å². The van der Waals surface area contributed by atoms with Gasteiger partial charge in [0.15, 0.2) is 0 Å². The lowest BCUT2D eigenvalue weighted by molar-refractivity contribution is 0.0294. The Balaban J connectivity index is 1.52. The van der Waals surface area contributed by atoms with Crippen LogP contribution in [0.15, 0.2) is 66.9 Å². The molecule has 2 heterocycles. The third kappa shape index (κ3) is 7.70. The van der Waals surface area contributed by atoms with Gasteiger partial charge in [-0.2, -0.15) is 5.10 Å². The number of nitrogens with zero attached hydrogens (tertiary/aromatic N) is 4. The van der Waals surface area contributed by atoms with Crippen molar-refractivity contribution in [2.45, 2.75) is 64.4 Å². The Bertz CT molecular complexity index is 1900. The van der Waals surface area contributed by atoms with Crippen LogP contribution >= 0.6 is 15.9 Å². The Hall–Kier alpha value is -4.31. The van der Waals surface area contributed by atoms with Crippen LogP contribution < -0.4 is 4.74 Å². The molecule has 0 saturated carbocycles. The van der Waals surface area contributed by atoms with Crippen LogP contribution in [-0.2, 0) is 34.8 Å². The first-order valence-electron chi connectivity index (χ1n) is 16.5. The highest BCUT2D eigenvalue weighted by atomic mass is 79.9. The van der Waals surface area contributed by atoms with Gasteiger partial charge in [0.2, 0.25) is 0 Å². The summed E-state index contributed by atoms with van der Waals surface area (Å²) in [5.41, 5.74) is 4.83. The first-order valence-corrected chi connectivity index (χ1v) is 17.6. The number of aryl methyl sites for hydroxylation is 3. The molecule has 0 unspecified atom stereocenters. The number of carbonyl (C=O) groups is 2. The van der Waals surface area contributed by atoms with E-state index in [-0.39, 0.29) is 18.7 Å². The molecule has 0 fully saturated rings. The summed E-state index contributed by atoms with van der Waals surface area (Å²) in [4.78, 5) is 28.1. The second-order valence-electron chi connectivity index (χ2n) is 12.8. The molecule has 48 heavy (non-hydrogen) atoms. The monoisotopic (exact) mass is 716 g/mol. The van der Waals surface area contributed by atoms with Crippen LogP contribution in [-0.4, -0.2) is 63.7 Å². The first-order chi connectivity index (χ1) is 23.0. The number of para-hydroxylation sites is 1. The fourth-order valence-corrected chi connectivity index (χ4v) is 6.77. The first kappa shape index (κ1) is 35.0. The smallest absolute Gasteiger partial charge is 0.410 e. The maximum Gasteiger partial charge on any atom is 0.410 e. The van der Waals surface area contributed by atoms with Gasteiger partial charge in [-0.3, -0.25) is 4.68 Å². The zero-order valence-corrected chi connectivity index (χ0v) is 30.3. The van der Waals surface area contributed by atoms with Crippen molar-refractivity contribution in [2.24, 2.45) is 7.05 Å². The van der Waals surface area contributed by atoms with Gasteiger partial charge in [0.25, 0.3) is 0 Å². The summed E-state index contributed by atoms with van der Waals surface area (Å²) < 4.78 is 21.5. The molecule has 0 atom stereocenters. The van der Waals surface area contributed by atoms with Gasteiger partial charge in [0.1, 0.15) is 17.0 Å². The average Bonchev–Trinajstić information content (AvgIpc) is 3.59. The lowest BCUT2D eigenvalue weighted by Gasteiger charge is -2.24. The molecule has 0 saturated heterocycles. The van der Waals surface area contributed by atoms with Crippen molar-refractivity contribution in [1.29, 1.82) is 0 Å². The largest absolute Gasteiger partial charge is 0.493 e. The molecule has 2 aromatic heterocycles. The highest BCUT2D eigenvalue weighted by molar-refractivity contribution is 9.08. The number of carbonyl (C=O) groups excluding carboxylic acids is 2. The van der Waals surface area contributed by atoms with E-state index in [0.717, 1.165) is 49.8 Å². The van der Waals surface area contributed by atoms with Crippen molar-refractivity contribution < 1.29 is 23.8 Å². The van der Waals surface area contributed by atoms with Gasteiger partial charge in [-0.15, -0.1) is 0 Å². The summed E-state index contributed by atoms with van der Waals surface area (Å²) in [5, 5.41) is 8.37. The number of rotatable bonds is 13. The molecular formula is C38H45BrN4O5. The van der Waals surface area contributed by atoms with Gasteiger partial charge in [0.05, 0.1) is 30.6 Å². The molecule has 0 aliphatic carbocycles. The molecule has 0 aliphatic rings. The Kier molecular flexibility index (Phi) is 11.1. The predicted molar refractivity (Wildman–Crippen MR) is 194 cm³/mol. The SMILES string of the molecule is CCOC(=O)c1c(CCCOc2cccc3ccccc23)c2cccc(-c3cnn(C)c3CBr)c2n1CCCN(C)C(=O)OC(C)(C)C. The van der Waals surface area contributed by atoms with Crippen LogP contribution in [0.25, 0.3) is 32.8 Å². The van der Waals surface area contributed by atoms with Gasteiger partial charge in [-0.25, -0.2) is 9.59 Å². The van der Waals surface area contributed by atoms with Crippen molar-refractivity contribution >= 4 is 49.7 Å². The maximum atomic E-state index is 13.8. The second-order valence-corrected chi connectivity index (χ2v) is 13.4. The molecule has 1 amide bonds. The summed E-state index contributed by atoms with van der Waals surface area (Å²) in [7, 11) is 3.66. The van der Waals surface area contributed by atoms with Crippen LogP contribution in [0, 0.1) is 0 Å². The highest BCUT2D eigenvalue weighted by Crippen LogP contribution is 2.38. The second kappa shape index (κ2) is 15.3. The van der Waals surface area contributed by atoms with Crippen molar-refractivity contribution in [3.63, 3.8) is 0 Å². The fourth-order valence-electron chi connectivity index (χ4n) is 6.10. The van der Waals surface area contributed by atoms with Gasteiger partial charge in [0, 0.05) is 54.4 Å². The normalized spacial score (nSPS) is 11.6. The van der Waals surface area contributed by atoms with E-state index in [1.807, 2.05) is 76.0 Å². The van der Waals surface area contributed by atoms with Gasteiger partial charge in [-0.1, -0.05) is 70.5 Å². The Labute approximate surface area is 290 Å². The van der Waals surface area contributed by atoms with Crippen LogP contribution in [0.3, 0.4) is 0 Å². The van der Waals surface area contributed by atoms with E-state index in [0.29, 0.717) is 50.0 Å². The van der Waals surface area contributed by atoms with E-state index in [1.54, 1.807) is 11.9 Å². The number of ether oxygens (including phenoxy) is 3. The lowest BCUT2D eigenvalue weighted by Crippen LogP contribution is -2.35. The lowest BCUT2D eigenvalue weighted by atomic mass is 10.00. The minimum absolute atomic E-state index is 0.259. The molecule has 3 aromatic carbocycles. The topological polar surface area (TPSA) is 87.8 Å². The zero-order chi connectivity index (χ0) is 34.4. The standard InChI is InChI=1S/C38H45BrN4O5/c1-7-46-36(44)35-29(19-12-23-47-33-20-10-15-26-14-8-9-16-27(26)33)28-17-11-18-30(31-25-40-42(6)32(31)24-39)34(28)43(35)22-13-21-41(5)37(45)48-38(2,3)4/h8-11,14-18,20,25H,7,12-13,19,21-24H2,1-6H3. The van der Waals surface area contributed by atoms with Gasteiger partial charge >= 0.3 is 12.1 Å². The van der Waals surface area contributed by atoms with Crippen LogP contribution in [0.4, 0.5) is 4.79 Å². The van der Waals surface area contributed by atoms with Crippen molar-refractivity contribution in [1.82, 2.24) is 19.2 Å². The summed E-state index contributed by atoms with van der Waals surface area (Å²) >= 11 is 3.65. The molecule has 5 aromatic rings. The van der Waals surface area contributed by atoms with E-state index in [9.17, 15) is 9.59 Å². The van der Waals surface area contributed by atoms with Crippen LogP contribution in [0.1, 0.15) is 62.3 Å². The molecule has 5 rings (SSSR count). The average molecular weight is 718 g/mol. The third-order valence-electron chi connectivity index (χ3n) is 8.29. The minimum Gasteiger partial charge on any atom is -0.493 e. The zero-order valence-electron chi connectivity index (χ0n) is 28.7. The Morgan fingerprint density at radius 3 is 2.44 bits per heavy atom. The number of amides is 1. The van der Waals surface area contributed by atoms with E-state index in [2.05, 4.69) is 55.9 Å². The Morgan fingerprint density at radius 1 is 0.958 bits per heavy atom. The molecule has 10 heteroatoms. The number of hydrogen-bond acceptors (Lipinski definition) is 6. The van der Waals surface area contributed by atoms with Crippen LogP contribution in [0.2, 0.25) is 0 Å². The van der Waals surface area contributed by atoms with Crippen molar-refractivity contribution in [2.75, 3.05) is 26.8 Å². The molecule has 0 aliphatic heterocycles. The van der Waals surface area contributed by atoms with E-state index in [1.165, 1.54) is 0 Å². The molecule has 254 valence electrons. The number of hydrogen-bond donors (Lipinski definition) is 0. The maximum absolute atomic E-state index is 13.8. The van der Waals surface area contributed by atoms with Crippen molar-refractivity contribution in [3.8, 4) is 16.9 Å². The minimum atomic E-state index is -0.586. The van der Waals surface area contributed by atoms with Crippen molar-refractivity contribution in [3.05, 3.63) is 83.8 Å². The van der Waals surface area contributed by atoms with E-state index >= 15 is 0 Å². The molecular weight excluding hydrogens is 672 g/mol. The molecule has 9 nitrogen and oxygen atoms in total. The number of fused-ring (bicyclic) bond motifs is 2. The molecule has 0 bridgehead atoms. The number of benzene rings is 3. The number of halogens is 1. The number of aromatic nitrogens is 3. The molecule has 0 spiro atoms. The third-order valence-corrected chi connectivity index (χ3v) is 8.82. The quantitative estimate of drug-likeness (QED) is 0.0690. The van der Waals surface area contributed by atoms with E-state index < -0.39 is 5.60 Å². The fraction of sp³-hybridized carbons (Fsp3) is 0.395.